The van der Waals surface area contributed by atoms with Gasteiger partial charge in [0.25, 0.3) is 0 Å². The molecule has 3 heterocycles. The number of halogens is 1. The molecule has 2 aromatic heterocycles. The number of hydrogen-bond acceptors (Lipinski definition) is 5. The fraction of sp³-hybridized carbons (Fsp3) is 0.300. The van der Waals surface area contributed by atoms with Crippen molar-refractivity contribution in [2.24, 2.45) is 4.99 Å². The number of aromatic nitrogens is 4. The van der Waals surface area contributed by atoms with E-state index in [9.17, 15) is 4.79 Å². The van der Waals surface area contributed by atoms with Gasteiger partial charge in [-0.25, -0.2) is 4.99 Å². The lowest BCUT2D eigenvalue weighted by atomic mass is 10.2. The number of amides is 1. The van der Waals surface area contributed by atoms with E-state index in [4.69, 9.17) is 11.6 Å². The van der Waals surface area contributed by atoms with Crippen LogP contribution in [0, 0.1) is 6.92 Å². The van der Waals surface area contributed by atoms with Gasteiger partial charge in [-0.3, -0.25) is 19.1 Å². The van der Waals surface area contributed by atoms with Gasteiger partial charge in [-0.15, -0.1) is 0 Å². The predicted octanol–water partition coefficient (Wildman–Crippen LogP) is 3.87. The number of hydrogen-bond donors (Lipinski definition) is 0. The lowest BCUT2D eigenvalue weighted by Gasteiger charge is -2.15. The largest absolute Gasteiger partial charge is 0.286 e. The van der Waals surface area contributed by atoms with Crippen molar-refractivity contribution in [3.05, 3.63) is 64.7 Å². The van der Waals surface area contributed by atoms with E-state index in [2.05, 4.69) is 15.2 Å². The number of benzene rings is 1. The van der Waals surface area contributed by atoms with Gasteiger partial charge < -0.3 is 0 Å². The van der Waals surface area contributed by atoms with E-state index in [0.29, 0.717) is 29.0 Å². The summed E-state index contributed by atoms with van der Waals surface area (Å²) >= 11 is 7.39. The third kappa shape index (κ3) is 4.54. The first-order chi connectivity index (χ1) is 14.0. The van der Waals surface area contributed by atoms with Crippen molar-refractivity contribution >= 4 is 40.1 Å². The maximum atomic E-state index is 12.4. The van der Waals surface area contributed by atoms with Gasteiger partial charge in [-0.05, 0) is 31.5 Å². The molecule has 1 aromatic carbocycles. The second-order valence-electron chi connectivity index (χ2n) is 6.78. The van der Waals surface area contributed by atoms with E-state index in [1.165, 1.54) is 11.8 Å². The molecule has 7 nitrogen and oxygen atoms in total. The molecular formula is C20H21ClN6OS. The Kier molecular flexibility index (Phi) is 5.73. The molecule has 0 bridgehead atoms. The van der Waals surface area contributed by atoms with E-state index in [1.807, 2.05) is 59.9 Å². The zero-order valence-electron chi connectivity index (χ0n) is 16.2. The van der Waals surface area contributed by atoms with Crippen molar-refractivity contribution in [1.29, 1.82) is 0 Å². The zero-order valence-corrected chi connectivity index (χ0v) is 17.8. The quantitative estimate of drug-likeness (QED) is 0.597. The van der Waals surface area contributed by atoms with Crippen LogP contribution in [0.5, 0.6) is 0 Å². The Morgan fingerprint density at radius 1 is 1.17 bits per heavy atom. The molecule has 0 atom stereocenters. The summed E-state index contributed by atoms with van der Waals surface area (Å²) in [7, 11) is 0. The highest BCUT2D eigenvalue weighted by Gasteiger charge is 2.29. The lowest BCUT2D eigenvalue weighted by Crippen LogP contribution is -2.29. The van der Waals surface area contributed by atoms with E-state index in [1.54, 1.807) is 11.1 Å². The first-order valence-electron chi connectivity index (χ1n) is 9.33. The molecule has 4 rings (SSSR count). The van der Waals surface area contributed by atoms with Gasteiger partial charge in [-0.2, -0.15) is 10.2 Å². The molecular weight excluding hydrogens is 408 g/mol. The molecule has 9 heteroatoms. The fourth-order valence-electron chi connectivity index (χ4n) is 3.07. The van der Waals surface area contributed by atoms with Gasteiger partial charge in [-0.1, -0.05) is 35.5 Å². The molecule has 3 aromatic rings. The van der Waals surface area contributed by atoms with E-state index in [-0.39, 0.29) is 5.91 Å². The number of aryl methyl sites for hydroxylation is 2. The molecule has 0 aliphatic carbocycles. The number of rotatable bonds is 6. The third-order valence-electron chi connectivity index (χ3n) is 4.66. The Hall–Kier alpha value is -2.58. The number of nitrogens with zero attached hydrogens (tertiary/aromatic N) is 6. The summed E-state index contributed by atoms with van der Waals surface area (Å²) in [5.41, 5.74) is 3.80. The number of aliphatic imine (C=N–C) groups is 1. The van der Waals surface area contributed by atoms with E-state index < -0.39 is 0 Å². The summed E-state index contributed by atoms with van der Waals surface area (Å²) in [6, 6.07) is 7.68. The molecule has 0 saturated carbocycles. The third-order valence-corrected chi connectivity index (χ3v) is 5.87. The molecule has 1 saturated heterocycles. The molecule has 0 N–H and O–H groups in total. The molecule has 0 spiro atoms. The number of carbonyl (C=O) groups excluding carboxylic acids is 1. The molecule has 29 heavy (non-hydrogen) atoms. The number of amidine groups is 1. The highest BCUT2D eigenvalue weighted by Crippen LogP contribution is 2.26. The van der Waals surface area contributed by atoms with Gasteiger partial charge in [0, 0.05) is 23.3 Å². The van der Waals surface area contributed by atoms with Crippen LogP contribution in [-0.4, -0.2) is 41.3 Å². The van der Waals surface area contributed by atoms with Crippen molar-refractivity contribution in [2.45, 2.75) is 33.5 Å². The monoisotopic (exact) mass is 428 g/mol. The van der Waals surface area contributed by atoms with Gasteiger partial charge in [0.05, 0.1) is 36.9 Å². The molecule has 0 unspecified atom stereocenters. The first-order valence-corrected chi connectivity index (χ1v) is 10.7. The standard InChI is InChI=1S/C20H21ClN6OS/c1-3-25-10-16(14(2)24-25)11-27-19(28)13-29-20(27)23-18-8-22-26(12-18)9-15-4-6-17(21)7-5-15/h4-8,10,12H,3,9,11,13H2,1-2H3. The topological polar surface area (TPSA) is 68.3 Å². The Balaban J connectivity index is 1.50. The van der Waals surface area contributed by atoms with Crippen LogP contribution in [0.2, 0.25) is 5.02 Å². The number of thioether (sulfide) groups is 1. The van der Waals surface area contributed by atoms with Crippen LogP contribution in [0.15, 0.2) is 47.8 Å². The van der Waals surface area contributed by atoms with Crippen LogP contribution in [0.1, 0.15) is 23.7 Å². The van der Waals surface area contributed by atoms with Crippen LogP contribution in [0.25, 0.3) is 0 Å². The summed E-state index contributed by atoms with van der Waals surface area (Å²) in [5.74, 6) is 0.463. The van der Waals surface area contributed by atoms with Gasteiger partial charge >= 0.3 is 0 Å². The maximum Gasteiger partial charge on any atom is 0.239 e. The van der Waals surface area contributed by atoms with E-state index in [0.717, 1.165) is 29.1 Å². The summed E-state index contributed by atoms with van der Waals surface area (Å²) in [4.78, 5) is 18.8. The minimum absolute atomic E-state index is 0.0611. The Labute approximate surface area is 178 Å². The summed E-state index contributed by atoms with van der Waals surface area (Å²) < 4.78 is 3.71. The average molecular weight is 429 g/mol. The summed E-state index contributed by atoms with van der Waals surface area (Å²) in [5, 5.41) is 10.3. The molecule has 1 aliphatic rings. The molecule has 1 amide bonds. The van der Waals surface area contributed by atoms with Crippen molar-refractivity contribution in [2.75, 3.05) is 5.75 Å². The van der Waals surface area contributed by atoms with Crippen LogP contribution in [-0.2, 0) is 24.4 Å². The van der Waals surface area contributed by atoms with Crippen LogP contribution in [0.3, 0.4) is 0 Å². The molecule has 0 radical (unpaired) electrons. The van der Waals surface area contributed by atoms with Gasteiger partial charge in [0.15, 0.2) is 5.17 Å². The second kappa shape index (κ2) is 8.42. The van der Waals surface area contributed by atoms with Crippen LogP contribution in [0.4, 0.5) is 5.69 Å². The smallest absolute Gasteiger partial charge is 0.239 e. The SMILES string of the molecule is CCn1cc(CN2C(=O)CSC2=Nc2cnn(Cc3ccc(Cl)cc3)c2)c(C)n1. The zero-order chi connectivity index (χ0) is 20.4. The van der Waals surface area contributed by atoms with Crippen LogP contribution >= 0.6 is 23.4 Å². The highest BCUT2D eigenvalue weighted by atomic mass is 35.5. The predicted molar refractivity (Wildman–Crippen MR) is 116 cm³/mol. The normalized spacial score (nSPS) is 15.6. The minimum Gasteiger partial charge on any atom is -0.286 e. The highest BCUT2D eigenvalue weighted by molar-refractivity contribution is 8.15. The van der Waals surface area contributed by atoms with Crippen molar-refractivity contribution in [3.63, 3.8) is 0 Å². The Morgan fingerprint density at radius 2 is 1.97 bits per heavy atom. The maximum absolute atomic E-state index is 12.4. The molecule has 1 aliphatic heterocycles. The van der Waals surface area contributed by atoms with Gasteiger partial charge in [0.2, 0.25) is 5.91 Å². The minimum atomic E-state index is 0.0611. The van der Waals surface area contributed by atoms with Gasteiger partial charge in [0.1, 0.15) is 5.69 Å². The fourth-order valence-corrected chi connectivity index (χ4v) is 4.09. The van der Waals surface area contributed by atoms with Crippen molar-refractivity contribution in [3.8, 4) is 0 Å². The average Bonchev–Trinajstić information content (AvgIpc) is 3.39. The second-order valence-corrected chi connectivity index (χ2v) is 8.16. The summed E-state index contributed by atoms with van der Waals surface area (Å²) in [6.07, 6.45) is 5.59. The Bertz CT molecular complexity index is 1060. The van der Waals surface area contributed by atoms with Crippen molar-refractivity contribution < 1.29 is 4.79 Å². The molecule has 150 valence electrons. The lowest BCUT2D eigenvalue weighted by molar-refractivity contribution is -0.124. The number of carbonyl (C=O) groups is 1. The summed E-state index contributed by atoms with van der Waals surface area (Å²) in [6.45, 7) is 5.92. The van der Waals surface area contributed by atoms with E-state index >= 15 is 0 Å². The van der Waals surface area contributed by atoms with Crippen molar-refractivity contribution in [1.82, 2.24) is 24.5 Å². The van der Waals surface area contributed by atoms with Crippen LogP contribution < -0.4 is 0 Å². The first kappa shape index (κ1) is 19.7. The molecule has 1 fully saturated rings. The Morgan fingerprint density at radius 3 is 2.69 bits per heavy atom.